The number of nitrogens with zero attached hydrogens (tertiary/aromatic N) is 2. The number of thiophene rings is 2. The van der Waals surface area contributed by atoms with Crippen molar-refractivity contribution < 1.29 is 28.8 Å². The molecule has 6 amide bonds. The van der Waals surface area contributed by atoms with E-state index < -0.39 is 23.6 Å². The summed E-state index contributed by atoms with van der Waals surface area (Å²) in [5.41, 5.74) is 13.9. The summed E-state index contributed by atoms with van der Waals surface area (Å²) < 4.78 is 0.555. The number of nitrogens with two attached hydrogens (primary N) is 2. The highest BCUT2D eigenvalue weighted by Gasteiger charge is 2.42. The molecule has 6 rings (SSSR count). The zero-order chi connectivity index (χ0) is 35.7. The maximum Gasteiger partial charge on any atom is 0.267 e. The molecule has 2 aliphatic carbocycles. The second kappa shape index (κ2) is 15.6. The lowest BCUT2D eigenvalue weighted by Gasteiger charge is -2.14. The SMILES string of the molecule is NC(=O)c1c(NC(=O)CCCN2C(=O)C(=C3SC(=S)N(CCCC(=O)Nc4sc5c(c4C(N)=O)CCCC5)C3=O)SC2=S)sc2c1CCCC2. The Morgan fingerprint density at radius 1 is 0.640 bits per heavy atom. The molecule has 0 bridgehead atoms. The molecule has 2 aromatic rings. The number of amides is 6. The van der Waals surface area contributed by atoms with Crippen molar-refractivity contribution in [1.82, 2.24) is 9.80 Å². The molecule has 12 nitrogen and oxygen atoms in total. The van der Waals surface area contributed by atoms with Crippen LogP contribution in [0, 0.1) is 0 Å². The smallest absolute Gasteiger partial charge is 0.267 e. The van der Waals surface area contributed by atoms with Crippen LogP contribution >= 0.6 is 70.6 Å². The number of carbonyl (C=O) groups is 6. The summed E-state index contributed by atoms with van der Waals surface area (Å²) in [6.07, 6.45) is 8.05. The van der Waals surface area contributed by atoms with Crippen LogP contribution in [-0.2, 0) is 44.9 Å². The highest BCUT2D eigenvalue weighted by atomic mass is 32.2. The molecule has 50 heavy (non-hydrogen) atoms. The number of primary amides is 2. The zero-order valence-corrected chi connectivity index (χ0v) is 31.7. The van der Waals surface area contributed by atoms with Crippen LogP contribution in [0.1, 0.15) is 93.0 Å². The third-order valence-corrected chi connectivity index (χ3v) is 14.3. The van der Waals surface area contributed by atoms with E-state index in [0.29, 0.717) is 34.0 Å². The second-order valence-electron chi connectivity index (χ2n) is 12.2. The fourth-order valence-electron chi connectivity index (χ4n) is 6.46. The van der Waals surface area contributed by atoms with Crippen molar-refractivity contribution in [2.45, 2.75) is 77.0 Å². The minimum absolute atomic E-state index is 0.0848. The number of thioether (sulfide) groups is 2. The van der Waals surface area contributed by atoms with Crippen molar-refractivity contribution in [2.24, 2.45) is 11.5 Å². The Balaban J connectivity index is 1.00. The molecule has 18 heteroatoms. The molecule has 0 aromatic carbocycles. The standard InChI is InChI=1S/C32H34N6O6S6/c33-25(41)21-15-7-1-3-9-17(15)47-27(21)35-19(39)11-5-13-37-29(43)23(49-31(37)45)24-30(44)38(32(46)50-24)14-6-12-20(40)36-28-22(26(34)42)16-8-2-4-10-18(16)48-28/h1-14H2,(H2,33,41)(H2,34,42)(H,35,39)(H,36,40). The number of rotatable bonds is 12. The Kier molecular flexibility index (Phi) is 11.4. The van der Waals surface area contributed by atoms with E-state index in [-0.39, 0.29) is 56.2 Å². The Morgan fingerprint density at radius 2 is 1.02 bits per heavy atom. The lowest BCUT2D eigenvalue weighted by atomic mass is 9.95. The molecule has 0 atom stereocenters. The van der Waals surface area contributed by atoms with Gasteiger partial charge in [0.1, 0.15) is 18.6 Å². The topological polar surface area (TPSA) is 185 Å². The quantitative estimate of drug-likeness (QED) is 0.172. The van der Waals surface area contributed by atoms with Gasteiger partial charge in [-0.3, -0.25) is 38.6 Å². The average molecular weight is 791 g/mol. The zero-order valence-electron chi connectivity index (χ0n) is 26.8. The molecule has 2 aromatic heterocycles. The molecule has 2 fully saturated rings. The minimum Gasteiger partial charge on any atom is -0.365 e. The van der Waals surface area contributed by atoms with Crippen molar-refractivity contribution in [3.8, 4) is 0 Å². The summed E-state index contributed by atoms with van der Waals surface area (Å²) in [5.74, 6) is -2.55. The van der Waals surface area contributed by atoms with Gasteiger partial charge in [0.15, 0.2) is 0 Å². The molecule has 0 saturated carbocycles. The number of aryl methyl sites for hydroxylation is 2. The number of carbonyl (C=O) groups excluding carboxylic acids is 6. The minimum atomic E-state index is -0.555. The average Bonchev–Trinajstić information content (AvgIpc) is 3.78. The highest BCUT2D eigenvalue weighted by molar-refractivity contribution is 8.29. The Morgan fingerprint density at radius 3 is 1.40 bits per heavy atom. The van der Waals surface area contributed by atoms with Crippen LogP contribution in [0.4, 0.5) is 10.0 Å². The van der Waals surface area contributed by atoms with E-state index in [2.05, 4.69) is 10.6 Å². The first-order valence-corrected chi connectivity index (χ1v) is 20.3. The van der Waals surface area contributed by atoms with Gasteiger partial charge in [-0.25, -0.2) is 0 Å². The van der Waals surface area contributed by atoms with Crippen molar-refractivity contribution in [2.75, 3.05) is 23.7 Å². The van der Waals surface area contributed by atoms with Crippen LogP contribution in [0.25, 0.3) is 0 Å². The van der Waals surface area contributed by atoms with E-state index in [9.17, 15) is 28.8 Å². The maximum atomic E-state index is 13.4. The number of fused-ring (bicyclic) bond motifs is 2. The summed E-state index contributed by atoms with van der Waals surface area (Å²) in [4.78, 5) is 82.0. The Hall–Kier alpha value is -3.16. The molecular weight excluding hydrogens is 757 g/mol. The van der Waals surface area contributed by atoms with Crippen molar-refractivity contribution in [3.05, 3.63) is 41.8 Å². The van der Waals surface area contributed by atoms with Crippen LogP contribution in [0.5, 0.6) is 0 Å². The van der Waals surface area contributed by atoms with Gasteiger partial charge in [0, 0.05) is 35.7 Å². The maximum absolute atomic E-state index is 13.4. The van der Waals surface area contributed by atoms with Gasteiger partial charge < -0.3 is 22.1 Å². The van der Waals surface area contributed by atoms with E-state index in [0.717, 1.165) is 95.8 Å². The number of thiocarbonyl (C=S) groups is 2. The van der Waals surface area contributed by atoms with Gasteiger partial charge >= 0.3 is 0 Å². The molecule has 4 aliphatic rings. The van der Waals surface area contributed by atoms with E-state index >= 15 is 0 Å². The van der Waals surface area contributed by atoms with Crippen LogP contribution in [0.3, 0.4) is 0 Å². The predicted octanol–water partition coefficient (Wildman–Crippen LogP) is 4.83. The van der Waals surface area contributed by atoms with Gasteiger partial charge in [-0.2, -0.15) is 0 Å². The van der Waals surface area contributed by atoms with Crippen LogP contribution in [0.15, 0.2) is 9.81 Å². The lowest BCUT2D eigenvalue weighted by Crippen LogP contribution is -2.31. The fraction of sp³-hybridized carbons (Fsp3) is 0.438. The molecule has 2 saturated heterocycles. The molecule has 0 spiro atoms. The first-order valence-electron chi connectivity index (χ1n) is 16.2. The summed E-state index contributed by atoms with van der Waals surface area (Å²) in [6, 6.07) is 0. The van der Waals surface area contributed by atoms with E-state index in [1.54, 1.807) is 0 Å². The first kappa shape index (κ1) is 36.6. The lowest BCUT2D eigenvalue weighted by molar-refractivity contribution is -0.124. The van der Waals surface area contributed by atoms with Gasteiger partial charge in [0.25, 0.3) is 23.6 Å². The van der Waals surface area contributed by atoms with E-state index in [1.165, 1.54) is 32.5 Å². The fourth-order valence-corrected chi connectivity index (χ4v) is 11.9. The molecule has 0 radical (unpaired) electrons. The third kappa shape index (κ3) is 7.55. The normalized spacial score (nSPS) is 18.8. The second-order valence-corrected chi connectivity index (χ2v) is 17.7. The highest BCUT2D eigenvalue weighted by Crippen LogP contribution is 2.43. The van der Waals surface area contributed by atoms with E-state index in [1.807, 2.05) is 0 Å². The van der Waals surface area contributed by atoms with E-state index in [4.69, 9.17) is 35.9 Å². The van der Waals surface area contributed by atoms with Gasteiger partial charge in [-0.15, -0.1) is 22.7 Å². The molecule has 264 valence electrons. The van der Waals surface area contributed by atoms with Crippen LogP contribution in [-0.4, -0.2) is 67.0 Å². The van der Waals surface area contributed by atoms with Gasteiger partial charge in [0.2, 0.25) is 11.8 Å². The number of hydrogen-bond acceptors (Lipinski definition) is 12. The monoisotopic (exact) mass is 790 g/mol. The number of nitrogens with one attached hydrogen (secondary N) is 2. The van der Waals surface area contributed by atoms with Gasteiger partial charge in [-0.1, -0.05) is 48.0 Å². The van der Waals surface area contributed by atoms with Crippen LogP contribution < -0.4 is 22.1 Å². The number of hydrogen-bond donors (Lipinski definition) is 4. The molecule has 0 unspecified atom stereocenters. The molecular formula is C32H34N6O6S6. The summed E-state index contributed by atoms with van der Waals surface area (Å²) >= 11 is 15.7. The molecule has 2 aliphatic heterocycles. The van der Waals surface area contributed by atoms with Crippen molar-refractivity contribution in [3.63, 3.8) is 0 Å². The van der Waals surface area contributed by atoms with Crippen LogP contribution in [0.2, 0.25) is 0 Å². The van der Waals surface area contributed by atoms with Crippen molar-refractivity contribution in [1.29, 1.82) is 0 Å². The van der Waals surface area contributed by atoms with Gasteiger partial charge in [0.05, 0.1) is 20.9 Å². The predicted molar refractivity (Wildman–Crippen MR) is 206 cm³/mol. The first-order chi connectivity index (χ1) is 23.9. The third-order valence-electron chi connectivity index (χ3n) is 8.82. The Labute approximate surface area is 315 Å². The summed E-state index contributed by atoms with van der Waals surface area (Å²) in [7, 11) is 0. The molecule has 4 heterocycles. The number of anilines is 2. The summed E-state index contributed by atoms with van der Waals surface area (Å²) in [5, 5.41) is 6.62. The van der Waals surface area contributed by atoms with Gasteiger partial charge in [-0.05, 0) is 75.3 Å². The Bertz CT molecular complexity index is 1750. The largest absolute Gasteiger partial charge is 0.365 e. The molecule has 6 N–H and O–H groups in total. The summed E-state index contributed by atoms with van der Waals surface area (Å²) in [6.45, 7) is 0.344. The van der Waals surface area contributed by atoms with Crippen molar-refractivity contribution >= 4 is 125 Å².